The minimum atomic E-state index is -0.339. The molecule has 1 aromatic carbocycles. The van der Waals surface area contributed by atoms with Crippen LogP contribution < -0.4 is 4.90 Å². The van der Waals surface area contributed by atoms with Crippen molar-refractivity contribution in [2.75, 3.05) is 38.1 Å². The molecule has 2 heterocycles. The van der Waals surface area contributed by atoms with Crippen molar-refractivity contribution in [1.29, 1.82) is 0 Å². The standard InChI is InChI=1S/C21H28FN3O2/c1-23-13-19(26)25(18-9-5-8-17(22)12-18)15-21(23)10-11-24(14-21)20(27)16-6-3-2-4-7-16/h5,8-9,12,16H,2-4,6-7,10-11,13-15H2,1H3. The summed E-state index contributed by atoms with van der Waals surface area (Å²) in [5, 5.41) is 0. The summed E-state index contributed by atoms with van der Waals surface area (Å²) in [5.41, 5.74) is 0.356. The number of nitrogens with zero attached hydrogens (tertiary/aromatic N) is 3. The van der Waals surface area contributed by atoms with Gasteiger partial charge in [-0.1, -0.05) is 25.3 Å². The molecule has 146 valence electrons. The Bertz CT molecular complexity index is 734. The van der Waals surface area contributed by atoms with E-state index >= 15 is 0 Å². The van der Waals surface area contributed by atoms with Gasteiger partial charge in [-0.05, 0) is 44.5 Å². The third-order valence-electron chi connectivity index (χ3n) is 6.65. The number of amides is 2. The lowest BCUT2D eigenvalue weighted by atomic mass is 9.88. The van der Waals surface area contributed by atoms with Crippen molar-refractivity contribution in [2.45, 2.75) is 44.1 Å². The second-order valence-corrected chi connectivity index (χ2v) is 8.38. The molecule has 1 aliphatic carbocycles. The summed E-state index contributed by atoms with van der Waals surface area (Å²) in [4.78, 5) is 31.4. The minimum absolute atomic E-state index is 0.0224. The number of carbonyl (C=O) groups excluding carboxylic acids is 2. The van der Waals surface area contributed by atoms with E-state index in [0.717, 1.165) is 38.6 Å². The largest absolute Gasteiger partial charge is 0.340 e. The molecule has 0 aromatic heterocycles. The lowest BCUT2D eigenvalue weighted by Gasteiger charge is -2.46. The predicted octanol–water partition coefficient (Wildman–Crippen LogP) is 2.66. The molecule has 2 amide bonds. The van der Waals surface area contributed by atoms with Crippen LogP contribution in [0.3, 0.4) is 0 Å². The molecule has 1 saturated carbocycles. The van der Waals surface area contributed by atoms with Gasteiger partial charge in [0, 0.05) is 31.2 Å². The van der Waals surface area contributed by atoms with Gasteiger partial charge in [0.1, 0.15) is 5.82 Å². The van der Waals surface area contributed by atoms with E-state index in [1.807, 2.05) is 11.9 Å². The van der Waals surface area contributed by atoms with E-state index in [1.165, 1.54) is 18.6 Å². The first-order valence-corrected chi connectivity index (χ1v) is 10.0. The second-order valence-electron chi connectivity index (χ2n) is 8.38. The van der Waals surface area contributed by atoms with Crippen LogP contribution in [-0.4, -0.2) is 60.4 Å². The van der Waals surface area contributed by atoms with Gasteiger partial charge >= 0.3 is 0 Å². The number of rotatable bonds is 2. The molecule has 1 aromatic rings. The first-order valence-electron chi connectivity index (χ1n) is 10.0. The molecule has 6 heteroatoms. The van der Waals surface area contributed by atoms with Crippen LogP contribution in [0, 0.1) is 11.7 Å². The highest BCUT2D eigenvalue weighted by Crippen LogP contribution is 2.35. The number of benzene rings is 1. The molecule has 0 bridgehead atoms. The number of likely N-dealkylation sites (tertiary alicyclic amines) is 1. The Morgan fingerprint density at radius 1 is 1.19 bits per heavy atom. The first kappa shape index (κ1) is 18.4. The number of likely N-dealkylation sites (N-methyl/N-ethyl adjacent to an activating group) is 1. The van der Waals surface area contributed by atoms with Crippen molar-refractivity contribution < 1.29 is 14.0 Å². The fourth-order valence-electron chi connectivity index (χ4n) is 4.93. The number of carbonyl (C=O) groups is 2. The average Bonchev–Trinajstić information content (AvgIpc) is 3.10. The highest BCUT2D eigenvalue weighted by Gasteiger charge is 2.49. The summed E-state index contributed by atoms with van der Waals surface area (Å²) in [6.07, 6.45) is 6.40. The Morgan fingerprint density at radius 2 is 1.96 bits per heavy atom. The maximum Gasteiger partial charge on any atom is 0.241 e. The maximum atomic E-state index is 13.7. The van der Waals surface area contributed by atoms with Crippen molar-refractivity contribution in [1.82, 2.24) is 9.80 Å². The van der Waals surface area contributed by atoms with E-state index in [0.29, 0.717) is 25.3 Å². The van der Waals surface area contributed by atoms with Crippen LogP contribution >= 0.6 is 0 Å². The molecule has 2 saturated heterocycles. The van der Waals surface area contributed by atoms with Crippen LogP contribution in [0.5, 0.6) is 0 Å². The Hall–Kier alpha value is -1.95. The summed E-state index contributed by atoms with van der Waals surface area (Å²) < 4.78 is 13.7. The van der Waals surface area contributed by atoms with Crippen molar-refractivity contribution in [2.24, 2.45) is 5.92 Å². The van der Waals surface area contributed by atoms with Gasteiger partial charge in [-0.3, -0.25) is 14.5 Å². The van der Waals surface area contributed by atoms with E-state index in [9.17, 15) is 14.0 Å². The van der Waals surface area contributed by atoms with E-state index in [1.54, 1.807) is 17.0 Å². The Kier molecular flexibility index (Phi) is 4.93. The second kappa shape index (κ2) is 7.23. The van der Waals surface area contributed by atoms with Crippen LogP contribution in [0.25, 0.3) is 0 Å². The predicted molar refractivity (Wildman–Crippen MR) is 102 cm³/mol. The molecule has 2 aliphatic heterocycles. The van der Waals surface area contributed by atoms with Crippen molar-refractivity contribution >= 4 is 17.5 Å². The molecular formula is C21H28FN3O2. The highest BCUT2D eigenvalue weighted by molar-refractivity contribution is 5.96. The van der Waals surface area contributed by atoms with Crippen LogP contribution in [0.1, 0.15) is 38.5 Å². The summed E-state index contributed by atoms with van der Waals surface area (Å²) in [5.74, 6) is 0.0949. The zero-order valence-corrected chi connectivity index (χ0v) is 16.0. The summed E-state index contributed by atoms with van der Waals surface area (Å²) in [7, 11) is 1.97. The summed E-state index contributed by atoms with van der Waals surface area (Å²) in [6, 6.07) is 6.22. The molecule has 3 fully saturated rings. The number of hydrogen-bond acceptors (Lipinski definition) is 3. The van der Waals surface area contributed by atoms with Gasteiger partial charge in [0.2, 0.25) is 11.8 Å². The molecule has 1 unspecified atom stereocenters. The van der Waals surface area contributed by atoms with Crippen LogP contribution in [0.15, 0.2) is 24.3 Å². The Labute approximate surface area is 160 Å². The molecule has 27 heavy (non-hydrogen) atoms. The summed E-state index contributed by atoms with van der Waals surface area (Å²) >= 11 is 0. The molecular weight excluding hydrogens is 345 g/mol. The molecule has 1 atom stereocenters. The average molecular weight is 373 g/mol. The SMILES string of the molecule is CN1CC(=O)N(c2cccc(F)c2)CC12CCN(C(=O)C1CCCCC1)C2. The van der Waals surface area contributed by atoms with E-state index in [4.69, 9.17) is 0 Å². The minimum Gasteiger partial charge on any atom is -0.340 e. The fourth-order valence-corrected chi connectivity index (χ4v) is 4.93. The van der Waals surface area contributed by atoms with Gasteiger partial charge in [-0.25, -0.2) is 4.39 Å². The van der Waals surface area contributed by atoms with Gasteiger partial charge in [0.25, 0.3) is 0 Å². The van der Waals surface area contributed by atoms with Crippen LogP contribution in [0.2, 0.25) is 0 Å². The van der Waals surface area contributed by atoms with Crippen LogP contribution in [0.4, 0.5) is 10.1 Å². The Morgan fingerprint density at radius 3 is 2.70 bits per heavy atom. The third-order valence-corrected chi connectivity index (χ3v) is 6.65. The number of hydrogen-bond donors (Lipinski definition) is 0. The zero-order valence-electron chi connectivity index (χ0n) is 16.0. The molecule has 0 radical (unpaired) electrons. The molecule has 1 spiro atoms. The highest BCUT2D eigenvalue weighted by atomic mass is 19.1. The summed E-state index contributed by atoms with van der Waals surface area (Å²) in [6.45, 7) is 2.19. The van der Waals surface area contributed by atoms with Crippen LogP contribution in [-0.2, 0) is 9.59 Å². The molecule has 5 nitrogen and oxygen atoms in total. The third kappa shape index (κ3) is 3.47. The van der Waals surface area contributed by atoms with Gasteiger partial charge in [-0.15, -0.1) is 0 Å². The van der Waals surface area contributed by atoms with Gasteiger partial charge in [0.05, 0.1) is 12.1 Å². The quantitative estimate of drug-likeness (QED) is 0.801. The monoisotopic (exact) mass is 373 g/mol. The zero-order chi connectivity index (χ0) is 19.0. The lowest BCUT2D eigenvalue weighted by Crippen LogP contribution is -2.64. The Balaban J connectivity index is 1.51. The molecule has 0 N–H and O–H groups in total. The maximum absolute atomic E-state index is 13.7. The van der Waals surface area contributed by atoms with Gasteiger partial charge in [-0.2, -0.15) is 0 Å². The number of piperazine rings is 1. The van der Waals surface area contributed by atoms with Gasteiger partial charge < -0.3 is 9.80 Å². The molecule has 3 aliphatic rings. The van der Waals surface area contributed by atoms with E-state index in [2.05, 4.69) is 4.90 Å². The number of halogens is 1. The normalized spacial score (nSPS) is 27.6. The van der Waals surface area contributed by atoms with Crippen molar-refractivity contribution in [3.8, 4) is 0 Å². The van der Waals surface area contributed by atoms with E-state index < -0.39 is 0 Å². The smallest absolute Gasteiger partial charge is 0.241 e. The lowest BCUT2D eigenvalue weighted by molar-refractivity contribution is -0.136. The van der Waals surface area contributed by atoms with Gasteiger partial charge in [0.15, 0.2) is 0 Å². The number of anilines is 1. The fraction of sp³-hybridized carbons (Fsp3) is 0.619. The van der Waals surface area contributed by atoms with Crippen molar-refractivity contribution in [3.63, 3.8) is 0 Å². The van der Waals surface area contributed by atoms with E-state index in [-0.39, 0.29) is 29.1 Å². The topological polar surface area (TPSA) is 43.9 Å². The van der Waals surface area contributed by atoms with Crippen molar-refractivity contribution in [3.05, 3.63) is 30.1 Å². The molecule has 4 rings (SSSR count). The first-order chi connectivity index (χ1) is 13.0.